The van der Waals surface area contributed by atoms with E-state index in [4.69, 9.17) is 0 Å². The highest BCUT2D eigenvalue weighted by atomic mass is 19.4. The van der Waals surface area contributed by atoms with Crippen molar-refractivity contribution in [2.24, 2.45) is 0 Å². The van der Waals surface area contributed by atoms with Gasteiger partial charge in [0.05, 0.1) is 11.6 Å². The molecule has 1 fully saturated rings. The van der Waals surface area contributed by atoms with Crippen LogP contribution < -0.4 is 9.80 Å². The Hall–Kier alpha value is -3.46. The Labute approximate surface area is 186 Å². The van der Waals surface area contributed by atoms with E-state index in [1.807, 2.05) is 0 Å². The third-order valence-corrected chi connectivity index (χ3v) is 5.71. The summed E-state index contributed by atoms with van der Waals surface area (Å²) >= 11 is 0. The number of benzene rings is 3. The molecule has 0 aliphatic carbocycles. The van der Waals surface area contributed by atoms with Crippen LogP contribution in [-0.2, 0) is 11.9 Å². The van der Waals surface area contributed by atoms with Crippen molar-refractivity contribution in [1.29, 1.82) is 0 Å². The van der Waals surface area contributed by atoms with Crippen molar-refractivity contribution in [2.75, 3.05) is 9.80 Å². The molecule has 2 atom stereocenters. The van der Waals surface area contributed by atoms with Crippen LogP contribution in [0.15, 0.2) is 72.8 Å². The molecule has 0 radical (unpaired) electrons. The fourth-order valence-electron chi connectivity index (χ4n) is 4.22. The predicted molar refractivity (Wildman–Crippen MR) is 113 cm³/mol. The molecule has 1 unspecified atom stereocenters. The quantitative estimate of drug-likeness (QED) is 0.480. The molecule has 0 aromatic heterocycles. The van der Waals surface area contributed by atoms with Crippen LogP contribution in [0.25, 0.3) is 0 Å². The van der Waals surface area contributed by atoms with E-state index in [0.717, 1.165) is 47.4 Å². The Bertz CT molecular complexity index is 1160. The van der Waals surface area contributed by atoms with Gasteiger partial charge in [0.2, 0.25) is 0 Å². The van der Waals surface area contributed by atoms with E-state index < -0.39 is 41.2 Å². The first-order valence-electron chi connectivity index (χ1n) is 10.1. The highest BCUT2D eigenvalue weighted by Crippen LogP contribution is 2.46. The Morgan fingerprint density at radius 2 is 1.45 bits per heavy atom. The minimum Gasteiger partial charge on any atom is -0.365 e. The monoisotopic (exact) mass is 462 g/mol. The van der Waals surface area contributed by atoms with E-state index in [9.17, 15) is 31.9 Å². The van der Waals surface area contributed by atoms with Gasteiger partial charge in [-0.25, -0.2) is 13.6 Å². The number of nitrogens with zero attached hydrogens (tertiary/aromatic N) is 2. The van der Waals surface area contributed by atoms with Crippen LogP contribution in [0.3, 0.4) is 0 Å². The number of hydrogen-bond acceptors (Lipinski definition) is 2. The maximum atomic E-state index is 13.6. The molecule has 1 saturated heterocycles. The third kappa shape index (κ3) is 3.82. The number of rotatable bonds is 4. The van der Waals surface area contributed by atoms with Gasteiger partial charge in [-0.2, -0.15) is 13.2 Å². The molecular weight excluding hydrogens is 443 g/mol. The molecule has 0 bridgehead atoms. The third-order valence-electron chi connectivity index (χ3n) is 5.71. The van der Waals surface area contributed by atoms with Gasteiger partial charge in [-0.3, -0.25) is 9.80 Å². The molecule has 1 heterocycles. The number of aliphatic hydroxyl groups is 1. The van der Waals surface area contributed by atoms with Gasteiger partial charge in [0.15, 0.2) is 5.72 Å². The predicted octanol–water partition coefficient (Wildman–Crippen LogP) is 6.05. The average Bonchev–Trinajstić information content (AvgIpc) is 3.01. The molecule has 0 saturated carbocycles. The lowest BCUT2D eigenvalue weighted by Gasteiger charge is -2.37. The first-order chi connectivity index (χ1) is 15.6. The second kappa shape index (κ2) is 8.15. The van der Waals surface area contributed by atoms with E-state index in [1.54, 1.807) is 6.92 Å². The van der Waals surface area contributed by atoms with Gasteiger partial charge in [0.1, 0.15) is 11.6 Å². The molecule has 2 amide bonds. The Morgan fingerprint density at radius 3 is 1.97 bits per heavy atom. The maximum Gasteiger partial charge on any atom is 0.416 e. The Balaban J connectivity index is 1.95. The molecule has 1 aliphatic heterocycles. The fourth-order valence-corrected chi connectivity index (χ4v) is 4.22. The second-order valence-corrected chi connectivity index (χ2v) is 7.67. The summed E-state index contributed by atoms with van der Waals surface area (Å²) in [5.74, 6) is -1.13. The molecule has 172 valence electrons. The lowest BCUT2D eigenvalue weighted by atomic mass is 9.90. The first kappa shape index (κ1) is 22.7. The molecule has 1 N–H and O–H groups in total. The fraction of sp³-hybridized carbons (Fsp3) is 0.208. The van der Waals surface area contributed by atoms with Crippen LogP contribution in [0.1, 0.15) is 24.5 Å². The van der Waals surface area contributed by atoms with Crippen LogP contribution in [0, 0.1) is 11.6 Å². The molecule has 0 spiro atoms. The number of carbonyl (C=O) groups excluding carboxylic acids is 1. The van der Waals surface area contributed by atoms with Gasteiger partial charge in [0, 0.05) is 16.9 Å². The van der Waals surface area contributed by atoms with Gasteiger partial charge in [0.25, 0.3) is 0 Å². The molecule has 33 heavy (non-hydrogen) atoms. The van der Waals surface area contributed by atoms with E-state index in [-0.39, 0.29) is 23.4 Å². The van der Waals surface area contributed by atoms with Crippen molar-refractivity contribution in [3.63, 3.8) is 0 Å². The van der Waals surface area contributed by atoms with Gasteiger partial charge in [-0.15, -0.1) is 0 Å². The van der Waals surface area contributed by atoms with Gasteiger partial charge in [-0.1, -0.05) is 19.1 Å². The van der Waals surface area contributed by atoms with Crippen LogP contribution in [0.2, 0.25) is 0 Å². The standard InChI is InChI=1S/C24H19F5N2O2/c1-2-21-23(33,15-4-3-5-16(14-15)24(27,28)29)31(20-12-8-18(26)9-13-20)22(32)30(21)19-10-6-17(25)7-11-19/h3-14,21,33H,2H2,1H3/t21-,23?/m1/s1. The number of anilines is 2. The Kier molecular flexibility index (Phi) is 5.61. The van der Waals surface area contributed by atoms with Crippen molar-refractivity contribution in [2.45, 2.75) is 31.3 Å². The number of hydrogen-bond donors (Lipinski definition) is 1. The van der Waals surface area contributed by atoms with E-state index in [0.29, 0.717) is 0 Å². The summed E-state index contributed by atoms with van der Waals surface area (Å²) in [7, 11) is 0. The number of amides is 2. The number of alkyl halides is 3. The van der Waals surface area contributed by atoms with Crippen molar-refractivity contribution in [3.05, 3.63) is 95.6 Å². The van der Waals surface area contributed by atoms with Crippen LogP contribution >= 0.6 is 0 Å². The molecule has 4 nitrogen and oxygen atoms in total. The van der Waals surface area contributed by atoms with Gasteiger partial charge in [-0.05, 0) is 67.1 Å². The molecule has 9 heteroatoms. The number of urea groups is 1. The van der Waals surface area contributed by atoms with Crippen LogP contribution in [-0.4, -0.2) is 17.2 Å². The summed E-state index contributed by atoms with van der Waals surface area (Å²) < 4.78 is 67.3. The van der Waals surface area contributed by atoms with E-state index >= 15 is 0 Å². The summed E-state index contributed by atoms with van der Waals surface area (Å²) in [6.45, 7) is 1.67. The molecule has 1 aliphatic rings. The number of carbonyl (C=O) groups is 1. The van der Waals surface area contributed by atoms with Crippen molar-refractivity contribution >= 4 is 17.4 Å². The molecular formula is C24H19F5N2O2. The molecule has 3 aromatic rings. The summed E-state index contributed by atoms with van der Waals surface area (Å²) in [5.41, 5.74) is -3.05. The minimum absolute atomic E-state index is 0.0874. The Morgan fingerprint density at radius 1 is 0.909 bits per heavy atom. The van der Waals surface area contributed by atoms with Gasteiger partial charge < -0.3 is 5.11 Å². The van der Waals surface area contributed by atoms with Crippen molar-refractivity contribution in [1.82, 2.24) is 0 Å². The van der Waals surface area contributed by atoms with Gasteiger partial charge >= 0.3 is 12.2 Å². The topological polar surface area (TPSA) is 43.8 Å². The summed E-state index contributed by atoms with van der Waals surface area (Å²) in [6.07, 6.45) is -4.53. The van der Waals surface area contributed by atoms with Crippen LogP contribution in [0.5, 0.6) is 0 Å². The average molecular weight is 462 g/mol. The highest BCUT2D eigenvalue weighted by molar-refractivity contribution is 6.08. The van der Waals surface area contributed by atoms with E-state index in [2.05, 4.69) is 0 Å². The van der Waals surface area contributed by atoms with Crippen molar-refractivity contribution in [3.8, 4) is 0 Å². The van der Waals surface area contributed by atoms with Crippen LogP contribution in [0.4, 0.5) is 38.1 Å². The lowest BCUT2D eigenvalue weighted by molar-refractivity contribution is -0.137. The van der Waals surface area contributed by atoms with E-state index in [1.165, 1.54) is 35.2 Å². The zero-order valence-corrected chi connectivity index (χ0v) is 17.4. The second-order valence-electron chi connectivity index (χ2n) is 7.67. The SMILES string of the molecule is CC[C@H]1N(c2ccc(F)cc2)C(=O)N(c2ccc(F)cc2)C1(O)c1cccc(C(F)(F)F)c1. The summed E-state index contributed by atoms with van der Waals surface area (Å²) in [5, 5.41) is 12.0. The normalized spacial score (nSPS) is 21.1. The molecule has 4 rings (SSSR count). The lowest BCUT2D eigenvalue weighted by Crippen LogP contribution is -2.49. The van der Waals surface area contributed by atoms with Crippen molar-refractivity contribution < 1.29 is 31.9 Å². The summed E-state index contributed by atoms with van der Waals surface area (Å²) in [4.78, 5) is 15.8. The first-order valence-corrected chi connectivity index (χ1v) is 10.1. The number of halogens is 5. The maximum absolute atomic E-state index is 13.6. The largest absolute Gasteiger partial charge is 0.416 e. The zero-order valence-electron chi connectivity index (χ0n) is 17.4. The summed E-state index contributed by atoms with van der Waals surface area (Å²) in [6, 6.07) is 12.0. The minimum atomic E-state index is -4.67. The highest BCUT2D eigenvalue weighted by Gasteiger charge is 2.58. The molecule has 3 aromatic carbocycles. The smallest absolute Gasteiger partial charge is 0.365 e. The zero-order chi connectivity index (χ0) is 24.0.